The maximum atomic E-state index is 12.5. The molecule has 0 saturated carbocycles. The molecule has 0 unspecified atom stereocenters. The fraction of sp³-hybridized carbons (Fsp3) is 0.636. The van der Waals surface area contributed by atoms with Gasteiger partial charge in [0.1, 0.15) is 0 Å². The van der Waals surface area contributed by atoms with Crippen molar-refractivity contribution in [3.63, 3.8) is 0 Å². The summed E-state index contributed by atoms with van der Waals surface area (Å²) in [4.78, 5) is 28.1. The summed E-state index contributed by atoms with van der Waals surface area (Å²) in [6, 6.07) is 5.03. The van der Waals surface area contributed by atoms with Crippen LogP contribution in [0.1, 0.15) is 40.0 Å². The predicted octanol–water partition coefficient (Wildman–Crippen LogP) is 1.20. The van der Waals surface area contributed by atoms with E-state index in [1.54, 1.807) is 36.2 Å². The molecule has 2 atom stereocenters. The first-order chi connectivity index (χ1) is 14.4. The van der Waals surface area contributed by atoms with Gasteiger partial charge in [0.2, 0.25) is 5.91 Å². The van der Waals surface area contributed by atoms with Gasteiger partial charge >= 0.3 is 6.03 Å². The first-order valence-electron chi connectivity index (χ1n) is 10.8. The van der Waals surface area contributed by atoms with Gasteiger partial charge in [0.05, 0.1) is 39.9 Å². The monoisotopic (exact) mass is 421 g/mol. The van der Waals surface area contributed by atoms with Crippen LogP contribution in [0, 0.1) is 0 Å². The molecule has 168 valence electrons. The minimum atomic E-state index is -0.224. The summed E-state index contributed by atoms with van der Waals surface area (Å²) in [6.07, 6.45) is 2.30. The van der Waals surface area contributed by atoms with E-state index in [1.165, 1.54) is 0 Å². The molecule has 0 aromatic heterocycles. The number of anilines is 1. The zero-order valence-electron chi connectivity index (χ0n) is 18.9. The lowest BCUT2D eigenvalue weighted by molar-refractivity contribution is -0.896. The van der Waals surface area contributed by atoms with Crippen LogP contribution in [0.2, 0.25) is 0 Å². The fourth-order valence-electron chi connectivity index (χ4n) is 3.83. The smallest absolute Gasteiger partial charge is 0.315 e. The van der Waals surface area contributed by atoms with Gasteiger partial charge in [-0.05, 0) is 45.7 Å². The zero-order chi connectivity index (χ0) is 22.1. The van der Waals surface area contributed by atoms with Gasteiger partial charge in [-0.1, -0.05) is 0 Å². The summed E-state index contributed by atoms with van der Waals surface area (Å²) in [5.74, 6) is 1.15. The predicted molar refractivity (Wildman–Crippen MR) is 118 cm³/mol. The maximum Gasteiger partial charge on any atom is 0.315 e. The van der Waals surface area contributed by atoms with Gasteiger partial charge in [0, 0.05) is 30.8 Å². The molecule has 30 heavy (non-hydrogen) atoms. The average Bonchev–Trinajstić information content (AvgIpc) is 3.10. The van der Waals surface area contributed by atoms with Crippen molar-refractivity contribution >= 4 is 17.6 Å². The van der Waals surface area contributed by atoms with E-state index in [-0.39, 0.29) is 30.4 Å². The topological polar surface area (TPSA) is 84.3 Å². The van der Waals surface area contributed by atoms with Gasteiger partial charge in [0.15, 0.2) is 11.5 Å². The third-order valence-electron chi connectivity index (χ3n) is 5.68. The van der Waals surface area contributed by atoms with Crippen molar-refractivity contribution in [2.24, 2.45) is 0 Å². The van der Waals surface area contributed by atoms with Gasteiger partial charge in [0.25, 0.3) is 0 Å². The van der Waals surface area contributed by atoms with Crippen LogP contribution >= 0.6 is 0 Å². The van der Waals surface area contributed by atoms with Crippen LogP contribution in [0.4, 0.5) is 10.5 Å². The van der Waals surface area contributed by atoms with E-state index in [9.17, 15) is 9.59 Å². The number of ether oxygens (including phenoxy) is 2. The Morgan fingerprint density at radius 1 is 1.23 bits per heavy atom. The van der Waals surface area contributed by atoms with Gasteiger partial charge in [-0.25, -0.2) is 4.79 Å². The largest absolute Gasteiger partial charge is 0.493 e. The SMILES string of the molecule is CC[NH+](CC)CCC[C@@H](C)NC(=O)N[C@@H]1CC(=O)N(c2ccc(OC)c(OC)c2)C1. The van der Waals surface area contributed by atoms with E-state index in [1.807, 2.05) is 13.0 Å². The quantitative estimate of drug-likeness (QED) is 0.501. The number of quaternary nitrogens is 1. The number of amides is 3. The minimum absolute atomic E-state index is 0.0252. The van der Waals surface area contributed by atoms with E-state index in [4.69, 9.17) is 9.47 Å². The Labute approximate surface area is 179 Å². The second-order valence-electron chi connectivity index (χ2n) is 7.81. The molecular formula is C22H37N4O4+. The van der Waals surface area contributed by atoms with Crippen molar-refractivity contribution in [1.29, 1.82) is 0 Å². The molecule has 1 aromatic rings. The van der Waals surface area contributed by atoms with Crippen molar-refractivity contribution in [2.75, 3.05) is 45.3 Å². The molecule has 8 heteroatoms. The van der Waals surface area contributed by atoms with E-state index in [0.717, 1.165) is 38.2 Å². The first-order valence-corrected chi connectivity index (χ1v) is 10.8. The standard InChI is InChI=1S/C22H36N4O4/c1-6-25(7-2)12-8-9-16(3)23-22(28)24-17-13-21(27)26(15-17)18-10-11-19(29-4)20(14-18)30-5/h10-11,14,16-17H,6-9,12-13,15H2,1-5H3,(H2,23,24,28)/p+1/t16-,17-/m1/s1. The number of carbonyl (C=O) groups is 2. The van der Waals surface area contributed by atoms with Crippen LogP contribution in [-0.2, 0) is 4.79 Å². The molecule has 1 aliphatic rings. The van der Waals surface area contributed by atoms with Crippen molar-refractivity contribution in [3.8, 4) is 11.5 Å². The Kier molecular flexibility index (Phi) is 9.23. The molecule has 0 radical (unpaired) electrons. The van der Waals surface area contributed by atoms with Gasteiger partial charge in [-0.2, -0.15) is 0 Å². The number of benzene rings is 1. The minimum Gasteiger partial charge on any atom is -0.493 e. The Bertz CT molecular complexity index is 708. The molecule has 0 aliphatic carbocycles. The summed E-state index contributed by atoms with van der Waals surface area (Å²) < 4.78 is 10.6. The summed E-state index contributed by atoms with van der Waals surface area (Å²) in [5.41, 5.74) is 0.731. The number of nitrogens with zero attached hydrogens (tertiary/aromatic N) is 1. The molecular weight excluding hydrogens is 384 g/mol. The van der Waals surface area contributed by atoms with Crippen molar-refractivity contribution in [1.82, 2.24) is 10.6 Å². The van der Waals surface area contributed by atoms with Crippen molar-refractivity contribution in [2.45, 2.75) is 52.1 Å². The zero-order valence-corrected chi connectivity index (χ0v) is 18.9. The number of methoxy groups -OCH3 is 2. The third kappa shape index (κ3) is 6.52. The number of hydrogen-bond acceptors (Lipinski definition) is 4. The Balaban J connectivity index is 1.83. The number of hydrogen-bond donors (Lipinski definition) is 3. The van der Waals surface area contributed by atoms with Crippen LogP contribution in [0.25, 0.3) is 0 Å². The molecule has 1 aliphatic heterocycles. The molecule has 3 N–H and O–H groups in total. The summed E-state index contributed by atoms with van der Waals surface area (Å²) in [6.45, 7) is 10.2. The maximum absolute atomic E-state index is 12.5. The summed E-state index contributed by atoms with van der Waals surface area (Å²) in [5, 5.41) is 5.93. The fourth-order valence-corrected chi connectivity index (χ4v) is 3.83. The molecule has 1 aromatic carbocycles. The van der Waals surface area contributed by atoms with Crippen LogP contribution in [0.5, 0.6) is 11.5 Å². The van der Waals surface area contributed by atoms with Crippen molar-refractivity contribution < 1.29 is 24.0 Å². The lowest BCUT2D eigenvalue weighted by atomic mass is 10.2. The Hall–Kier alpha value is -2.48. The highest BCUT2D eigenvalue weighted by Gasteiger charge is 2.32. The van der Waals surface area contributed by atoms with Gasteiger partial charge < -0.3 is 29.9 Å². The second-order valence-corrected chi connectivity index (χ2v) is 7.81. The lowest BCUT2D eigenvalue weighted by Crippen LogP contribution is -3.11. The van der Waals surface area contributed by atoms with Crippen molar-refractivity contribution in [3.05, 3.63) is 18.2 Å². The molecule has 8 nitrogen and oxygen atoms in total. The number of nitrogens with one attached hydrogen (secondary N) is 3. The van der Waals surface area contributed by atoms with Gasteiger partial charge in [-0.3, -0.25) is 4.79 Å². The highest BCUT2D eigenvalue weighted by atomic mass is 16.5. The Morgan fingerprint density at radius 2 is 1.93 bits per heavy atom. The third-order valence-corrected chi connectivity index (χ3v) is 5.68. The highest BCUT2D eigenvalue weighted by Crippen LogP contribution is 2.33. The number of urea groups is 1. The lowest BCUT2D eigenvalue weighted by Gasteiger charge is -2.20. The molecule has 0 spiro atoms. The van der Waals surface area contributed by atoms with E-state index >= 15 is 0 Å². The van der Waals surface area contributed by atoms with E-state index in [0.29, 0.717) is 18.0 Å². The number of rotatable bonds is 11. The molecule has 1 saturated heterocycles. The average molecular weight is 422 g/mol. The van der Waals surface area contributed by atoms with Crippen LogP contribution < -0.4 is 29.9 Å². The summed E-state index contributed by atoms with van der Waals surface area (Å²) >= 11 is 0. The normalized spacial score (nSPS) is 17.2. The second kappa shape index (κ2) is 11.6. The van der Waals surface area contributed by atoms with E-state index < -0.39 is 0 Å². The van der Waals surface area contributed by atoms with Gasteiger partial charge in [-0.15, -0.1) is 0 Å². The first kappa shape index (κ1) is 23.8. The van der Waals surface area contributed by atoms with Crippen LogP contribution in [0.15, 0.2) is 18.2 Å². The molecule has 3 amide bonds. The molecule has 0 bridgehead atoms. The highest BCUT2D eigenvalue weighted by molar-refractivity contribution is 5.97. The summed E-state index contributed by atoms with van der Waals surface area (Å²) in [7, 11) is 3.13. The van der Waals surface area contributed by atoms with Crippen LogP contribution in [0.3, 0.4) is 0 Å². The Morgan fingerprint density at radius 3 is 2.57 bits per heavy atom. The molecule has 1 heterocycles. The number of carbonyl (C=O) groups excluding carboxylic acids is 2. The molecule has 1 fully saturated rings. The molecule has 2 rings (SSSR count). The van der Waals surface area contributed by atoms with Crippen LogP contribution in [-0.4, -0.2) is 64.4 Å². The van der Waals surface area contributed by atoms with E-state index in [2.05, 4.69) is 24.5 Å².